The molecule has 0 radical (unpaired) electrons. The molecule has 0 aliphatic rings. The van der Waals surface area contributed by atoms with Gasteiger partial charge in [-0.05, 0) is 81.9 Å². The van der Waals surface area contributed by atoms with Crippen LogP contribution in [-0.4, -0.2) is 25.7 Å². The second-order valence-electron chi connectivity index (χ2n) is 11.2. The van der Waals surface area contributed by atoms with Crippen LogP contribution in [0.5, 0.6) is 11.5 Å². The third-order valence-corrected chi connectivity index (χ3v) is 8.26. The average Bonchev–Trinajstić information content (AvgIpc) is 3.12. The molecular weight excluding hydrogens is 643 g/mol. The molecule has 6 aromatic rings. The summed E-state index contributed by atoms with van der Waals surface area (Å²) < 4.78 is 12.3. The SMILES string of the molecule is O=C(C(Cc1ccnc(Cl)n1)c1cccc(OCc2ccccc2)c1)C(Cc1ccnc(Cl)n1)c1cccc(OCc2ccccc2)c1. The number of aromatic nitrogens is 4. The lowest BCUT2D eigenvalue weighted by molar-refractivity contribution is -0.122. The molecule has 0 fully saturated rings. The number of ether oxygens (including phenoxy) is 2. The molecule has 6 rings (SSSR count). The monoisotopic (exact) mass is 674 g/mol. The Kier molecular flexibility index (Phi) is 11.0. The first-order valence-electron chi connectivity index (χ1n) is 15.5. The minimum atomic E-state index is -0.604. The number of hydrogen-bond donors (Lipinski definition) is 0. The Morgan fingerprint density at radius 3 is 1.42 bits per heavy atom. The van der Waals surface area contributed by atoms with E-state index in [2.05, 4.69) is 19.9 Å². The van der Waals surface area contributed by atoms with E-state index in [1.165, 1.54) is 0 Å². The molecule has 2 heterocycles. The molecule has 4 aromatic carbocycles. The van der Waals surface area contributed by atoms with Crippen molar-refractivity contribution >= 4 is 29.0 Å². The van der Waals surface area contributed by atoms with Crippen LogP contribution in [0.2, 0.25) is 10.6 Å². The minimum absolute atomic E-state index is 0.0279. The van der Waals surface area contributed by atoms with Crippen LogP contribution in [0.1, 0.15) is 45.5 Å². The maximum absolute atomic E-state index is 15.0. The highest BCUT2D eigenvalue weighted by Crippen LogP contribution is 2.34. The minimum Gasteiger partial charge on any atom is -0.489 e. The zero-order chi connectivity index (χ0) is 33.1. The van der Waals surface area contributed by atoms with Gasteiger partial charge in [-0.2, -0.15) is 0 Å². The molecule has 0 bridgehead atoms. The summed E-state index contributed by atoms with van der Waals surface area (Å²) in [6, 6.07) is 38.8. The van der Waals surface area contributed by atoms with E-state index in [0.29, 0.717) is 48.9 Å². The molecule has 0 amide bonds. The Labute approximate surface area is 289 Å². The van der Waals surface area contributed by atoms with Gasteiger partial charge in [-0.25, -0.2) is 19.9 Å². The van der Waals surface area contributed by atoms with Crippen LogP contribution < -0.4 is 9.47 Å². The Balaban J connectivity index is 1.35. The van der Waals surface area contributed by atoms with Gasteiger partial charge in [0, 0.05) is 48.5 Å². The largest absolute Gasteiger partial charge is 0.489 e. The van der Waals surface area contributed by atoms with Crippen LogP contribution in [0.15, 0.2) is 134 Å². The number of ketones is 1. The fourth-order valence-electron chi connectivity index (χ4n) is 5.52. The summed E-state index contributed by atoms with van der Waals surface area (Å²) in [6.45, 7) is 0.800. The lowest BCUT2D eigenvalue weighted by Crippen LogP contribution is -2.25. The van der Waals surface area contributed by atoms with E-state index < -0.39 is 11.8 Å². The second-order valence-corrected chi connectivity index (χ2v) is 11.9. The van der Waals surface area contributed by atoms with Crippen molar-refractivity contribution in [2.45, 2.75) is 37.9 Å². The molecule has 0 saturated heterocycles. The van der Waals surface area contributed by atoms with Gasteiger partial charge in [-0.15, -0.1) is 0 Å². The lowest BCUT2D eigenvalue weighted by Gasteiger charge is -2.24. The molecule has 48 heavy (non-hydrogen) atoms. The molecule has 2 atom stereocenters. The Morgan fingerprint density at radius 1 is 0.562 bits per heavy atom. The van der Waals surface area contributed by atoms with Crippen LogP contribution in [0, 0.1) is 0 Å². The number of Topliss-reactive ketones (excluding diaryl/α,β-unsaturated/α-hetero) is 1. The fourth-order valence-corrected chi connectivity index (χ4v) is 5.85. The van der Waals surface area contributed by atoms with Gasteiger partial charge in [0.1, 0.15) is 30.5 Å². The van der Waals surface area contributed by atoms with Crippen molar-refractivity contribution in [2.75, 3.05) is 0 Å². The van der Waals surface area contributed by atoms with Gasteiger partial charge in [-0.3, -0.25) is 4.79 Å². The van der Waals surface area contributed by atoms with Gasteiger partial charge < -0.3 is 9.47 Å². The first-order valence-corrected chi connectivity index (χ1v) is 16.3. The third-order valence-electron chi connectivity index (χ3n) is 7.90. The van der Waals surface area contributed by atoms with Gasteiger partial charge in [0.15, 0.2) is 0 Å². The number of carbonyl (C=O) groups excluding carboxylic acids is 1. The normalized spacial score (nSPS) is 12.2. The van der Waals surface area contributed by atoms with Gasteiger partial charge in [0.2, 0.25) is 10.6 Å². The lowest BCUT2D eigenvalue weighted by atomic mass is 9.79. The maximum Gasteiger partial charge on any atom is 0.222 e. The molecule has 0 aliphatic carbocycles. The number of benzene rings is 4. The molecule has 9 heteroatoms. The van der Waals surface area contributed by atoms with Crippen molar-refractivity contribution in [3.8, 4) is 11.5 Å². The van der Waals surface area contributed by atoms with Gasteiger partial charge in [-0.1, -0.05) is 84.9 Å². The van der Waals surface area contributed by atoms with Gasteiger partial charge in [0.25, 0.3) is 0 Å². The van der Waals surface area contributed by atoms with E-state index in [1.54, 1.807) is 24.5 Å². The predicted octanol–water partition coefficient (Wildman–Crippen LogP) is 8.65. The van der Waals surface area contributed by atoms with Crippen LogP contribution in [-0.2, 0) is 30.8 Å². The number of nitrogens with zero attached hydrogens (tertiary/aromatic N) is 4. The summed E-state index contributed by atoms with van der Waals surface area (Å²) in [4.78, 5) is 31.9. The van der Waals surface area contributed by atoms with Crippen molar-refractivity contribution in [3.05, 3.63) is 178 Å². The van der Waals surface area contributed by atoms with E-state index in [1.807, 2.05) is 109 Å². The smallest absolute Gasteiger partial charge is 0.222 e. The van der Waals surface area contributed by atoms with E-state index >= 15 is 0 Å². The Bertz CT molecular complexity index is 1820. The summed E-state index contributed by atoms with van der Waals surface area (Å²) in [7, 11) is 0. The van der Waals surface area contributed by atoms with Gasteiger partial charge >= 0.3 is 0 Å². The Morgan fingerprint density at radius 2 is 1.00 bits per heavy atom. The van der Waals surface area contributed by atoms with Crippen LogP contribution in [0.3, 0.4) is 0 Å². The molecule has 7 nitrogen and oxygen atoms in total. The van der Waals surface area contributed by atoms with E-state index in [-0.39, 0.29) is 16.4 Å². The molecule has 0 N–H and O–H groups in total. The van der Waals surface area contributed by atoms with Crippen molar-refractivity contribution < 1.29 is 14.3 Å². The number of halogens is 2. The standard InChI is InChI=1S/C39H32Cl2N4O3/c40-38-42-19-17-31(44-38)23-35(29-13-7-15-33(21-29)47-25-27-9-3-1-4-10-27)37(46)36(24-32-18-20-43-39(41)45-32)30-14-8-16-34(22-30)48-26-28-11-5-2-6-12-28/h1-22,35-36H,23-26H2. The summed E-state index contributed by atoms with van der Waals surface area (Å²) in [6.07, 6.45) is 3.79. The Hall–Kier alpha value is -5.11. The molecule has 2 unspecified atom stereocenters. The fraction of sp³-hybridized carbons (Fsp3) is 0.154. The number of rotatable bonds is 14. The number of carbonyl (C=O) groups is 1. The maximum atomic E-state index is 15.0. The van der Waals surface area contributed by atoms with Crippen molar-refractivity contribution in [3.63, 3.8) is 0 Å². The summed E-state index contributed by atoms with van der Waals surface area (Å²) in [5.74, 6) is 0.0791. The highest BCUT2D eigenvalue weighted by atomic mass is 35.5. The zero-order valence-corrected chi connectivity index (χ0v) is 27.5. The predicted molar refractivity (Wildman–Crippen MR) is 186 cm³/mol. The third kappa shape index (κ3) is 9.03. The van der Waals surface area contributed by atoms with E-state index in [4.69, 9.17) is 32.7 Å². The molecule has 240 valence electrons. The molecular formula is C39H32Cl2N4O3. The van der Waals surface area contributed by atoms with E-state index in [0.717, 1.165) is 22.3 Å². The van der Waals surface area contributed by atoms with Crippen LogP contribution in [0.25, 0.3) is 0 Å². The van der Waals surface area contributed by atoms with Crippen molar-refractivity contribution in [1.29, 1.82) is 0 Å². The second kappa shape index (κ2) is 16.1. The molecule has 0 saturated carbocycles. The highest BCUT2D eigenvalue weighted by Gasteiger charge is 2.31. The van der Waals surface area contributed by atoms with E-state index in [9.17, 15) is 4.79 Å². The zero-order valence-electron chi connectivity index (χ0n) is 26.0. The number of hydrogen-bond acceptors (Lipinski definition) is 7. The summed E-state index contributed by atoms with van der Waals surface area (Å²) >= 11 is 12.4. The van der Waals surface area contributed by atoms with Crippen molar-refractivity contribution in [2.24, 2.45) is 0 Å². The molecule has 0 spiro atoms. The highest BCUT2D eigenvalue weighted by molar-refractivity contribution is 6.28. The molecule has 2 aromatic heterocycles. The average molecular weight is 676 g/mol. The van der Waals surface area contributed by atoms with Gasteiger partial charge in [0.05, 0.1) is 0 Å². The summed E-state index contributed by atoms with van der Waals surface area (Å²) in [5.41, 5.74) is 4.97. The molecule has 0 aliphatic heterocycles. The van der Waals surface area contributed by atoms with Crippen molar-refractivity contribution in [1.82, 2.24) is 19.9 Å². The van der Waals surface area contributed by atoms with Crippen LogP contribution in [0.4, 0.5) is 0 Å². The van der Waals surface area contributed by atoms with Crippen LogP contribution >= 0.6 is 23.2 Å². The first kappa shape index (κ1) is 32.8. The summed E-state index contributed by atoms with van der Waals surface area (Å²) in [5, 5.41) is 0.239. The topological polar surface area (TPSA) is 87.1 Å². The first-order chi connectivity index (χ1) is 23.5. The quantitative estimate of drug-likeness (QED) is 0.107.